The number of aromatic nitrogens is 1. The Morgan fingerprint density at radius 1 is 1.47 bits per heavy atom. The molecule has 4 heteroatoms. The van der Waals surface area contributed by atoms with Gasteiger partial charge in [0.15, 0.2) is 6.29 Å². The second-order valence-corrected chi connectivity index (χ2v) is 7.50. The number of carbonyl (C=O) groups is 1. The predicted octanol–water partition coefficient (Wildman–Crippen LogP) is 3.63. The summed E-state index contributed by atoms with van der Waals surface area (Å²) >= 11 is 2.18. The standard InChI is InChI=1S/C15H20INO2/c1-8(2)14-9(7-18)13(16)12-10(17-14)5-15(3,4)6-11(12)19/h7-8,11,19H,5-6H2,1-4H3/t11-/m0/s1. The third-order valence-electron chi connectivity index (χ3n) is 3.71. The first-order valence-electron chi connectivity index (χ1n) is 6.62. The molecule has 1 aromatic rings. The zero-order valence-corrected chi connectivity index (χ0v) is 14.0. The highest BCUT2D eigenvalue weighted by Crippen LogP contribution is 2.43. The van der Waals surface area contributed by atoms with Crippen LogP contribution in [-0.2, 0) is 6.42 Å². The first kappa shape index (κ1) is 14.9. The molecule has 1 aromatic heterocycles. The van der Waals surface area contributed by atoms with E-state index < -0.39 is 6.10 Å². The Hall–Kier alpha value is -0.490. The van der Waals surface area contributed by atoms with E-state index in [1.54, 1.807) is 0 Å². The third kappa shape index (κ3) is 2.70. The van der Waals surface area contributed by atoms with Crippen molar-refractivity contribution in [3.8, 4) is 0 Å². The Kier molecular flexibility index (Phi) is 4.02. The van der Waals surface area contributed by atoms with E-state index in [2.05, 4.69) is 36.4 Å². The van der Waals surface area contributed by atoms with Crippen LogP contribution < -0.4 is 0 Å². The van der Waals surface area contributed by atoms with Gasteiger partial charge >= 0.3 is 0 Å². The molecule has 0 radical (unpaired) electrons. The summed E-state index contributed by atoms with van der Waals surface area (Å²) in [6.45, 7) is 8.39. The van der Waals surface area contributed by atoms with Crippen LogP contribution in [0.15, 0.2) is 0 Å². The monoisotopic (exact) mass is 373 g/mol. The van der Waals surface area contributed by atoms with Crippen LogP contribution in [0.3, 0.4) is 0 Å². The van der Waals surface area contributed by atoms with Gasteiger partial charge in [-0.15, -0.1) is 0 Å². The first-order chi connectivity index (χ1) is 8.76. The number of halogens is 1. The number of fused-ring (bicyclic) bond motifs is 1. The molecule has 1 atom stereocenters. The summed E-state index contributed by atoms with van der Waals surface area (Å²) in [6.07, 6.45) is 1.93. The fraction of sp³-hybridized carbons (Fsp3) is 0.600. The lowest BCUT2D eigenvalue weighted by molar-refractivity contribution is 0.0969. The molecule has 1 aliphatic rings. The van der Waals surface area contributed by atoms with Crippen molar-refractivity contribution in [1.29, 1.82) is 0 Å². The maximum atomic E-state index is 11.3. The Balaban J connectivity index is 2.68. The van der Waals surface area contributed by atoms with Gasteiger partial charge in [0.2, 0.25) is 0 Å². The molecule has 104 valence electrons. The SMILES string of the molecule is CC(C)c1nc2c(c(I)c1C=O)[C@@H](O)CC(C)(C)C2. The average molecular weight is 373 g/mol. The molecule has 19 heavy (non-hydrogen) atoms. The molecule has 0 amide bonds. The van der Waals surface area contributed by atoms with E-state index in [-0.39, 0.29) is 11.3 Å². The van der Waals surface area contributed by atoms with Crippen molar-refractivity contribution >= 4 is 28.9 Å². The highest BCUT2D eigenvalue weighted by atomic mass is 127. The van der Waals surface area contributed by atoms with E-state index in [1.807, 2.05) is 13.8 Å². The Labute approximate surface area is 128 Å². The van der Waals surface area contributed by atoms with Crippen LogP contribution in [0, 0.1) is 8.99 Å². The maximum Gasteiger partial charge on any atom is 0.152 e. The minimum atomic E-state index is -0.516. The summed E-state index contributed by atoms with van der Waals surface area (Å²) in [5.41, 5.74) is 3.38. The van der Waals surface area contributed by atoms with Gasteiger partial charge in [-0.25, -0.2) is 0 Å². The molecule has 0 spiro atoms. The molecule has 0 saturated heterocycles. The Morgan fingerprint density at radius 3 is 2.63 bits per heavy atom. The fourth-order valence-electron chi connectivity index (χ4n) is 2.83. The van der Waals surface area contributed by atoms with Gasteiger partial charge in [0.25, 0.3) is 0 Å². The second-order valence-electron chi connectivity index (χ2n) is 6.42. The van der Waals surface area contributed by atoms with Crippen molar-refractivity contribution in [3.63, 3.8) is 0 Å². The third-order valence-corrected chi connectivity index (χ3v) is 4.87. The van der Waals surface area contributed by atoms with Gasteiger partial charge < -0.3 is 5.11 Å². The smallest absolute Gasteiger partial charge is 0.152 e. The van der Waals surface area contributed by atoms with E-state index in [0.29, 0.717) is 5.56 Å². The van der Waals surface area contributed by atoms with Gasteiger partial charge in [-0.1, -0.05) is 27.7 Å². The summed E-state index contributed by atoms with van der Waals surface area (Å²) in [5, 5.41) is 10.4. The second kappa shape index (κ2) is 5.13. The molecular formula is C15H20INO2. The molecule has 0 unspecified atom stereocenters. The van der Waals surface area contributed by atoms with Crippen molar-refractivity contribution in [2.24, 2.45) is 5.41 Å². The van der Waals surface area contributed by atoms with Gasteiger partial charge in [-0.2, -0.15) is 0 Å². The van der Waals surface area contributed by atoms with E-state index >= 15 is 0 Å². The molecule has 0 aliphatic heterocycles. The Bertz CT molecular complexity index is 523. The number of pyridine rings is 1. The van der Waals surface area contributed by atoms with Crippen molar-refractivity contribution in [3.05, 3.63) is 26.1 Å². The quantitative estimate of drug-likeness (QED) is 0.636. The summed E-state index contributed by atoms with van der Waals surface area (Å²) in [6, 6.07) is 0. The van der Waals surface area contributed by atoms with Crippen LogP contribution in [0.4, 0.5) is 0 Å². The highest BCUT2D eigenvalue weighted by molar-refractivity contribution is 14.1. The highest BCUT2D eigenvalue weighted by Gasteiger charge is 2.35. The molecule has 1 N–H and O–H groups in total. The van der Waals surface area contributed by atoms with Crippen molar-refractivity contribution in [2.75, 3.05) is 0 Å². The fourth-order valence-corrected chi connectivity index (χ4v) is 3.90. The summed E-state index contributed by atoms with van der Waals surface area (Å²) in [5.74, 6) is 0.209. The molecule has 2 rings (SSSR count). The zero-order valence-electron chi connectivity index (χ0n) is 11.8. The number of carbonyl (C=O) groups excluding carboxylic acids is 1. The van der Waals surface area contributed by atoms with Crippen LogP contribution in [0.25, 0.3) is 0 Å². The molecule has 0 saturated carbocycles. The molecule has 0 bridgehead atoms. The lowest BCUT2D eigenvalue weighted by Gasteiger charge is -2.35. The largest absolute Gasteiger partial charge is 0.388 e. The van der Waals surface area contributed by atoms with Crippen LogP contribution in [-0.4, -0.2) is 16.4 Å². The van der Waals surface area contributed by atoms with Crippen LogP contribution >= 0.6 is 22.6 Å². The zero-order chi connectivity index (χ0) is 14.4. The molecule has 1 aliphatic carbocycles. The van der Waals surface area contributed by atoms with Gasteiger partial charge in [-0.3, -0.25) is 9.78 Å². The number of aliphatic hydroxyl groups is 1. The number of nitrogens with zero attached hydrogens (tertiary/aromatic N) is 1. The molecule has 3 nitrogen and oxygen atoms in total. The summed E-state index contributed by atoms with van der Waals surface area (Å²) in [7, 11) is 0. The van der Waals surface area contributed by atoms with E-state index in [4.69, 9.17) is 4.98 Å². The van der Waals surface area contributed by atoms with E-state index in [9.17, 15) is 9.90 Å². The van der Waals surface area contributed by atoms with Gasteiger partial charge in [-0.05, 0) is 46.8 Å². The van der Waals surface area contributed by atoms with E-state index in [1.165, 1.54) is 0 Å². The van der Waals surface area contributed by atoms with Gasteiger partial charge in [0, 0.05) is 20.4 Å². The number of rotatable bonds is 2. The van der Waals surface area contributed by atoms with Crippen molar-refractivity contribution in [1.82, 2.24) is 4.98 Å². The maximum absolute atomic E-state index is 11.3. The summed E-state index contributed by atoms with van der Waals surface area (Å²) < 4.78 is 0.879. The molecule has 1 heterocycles. The normalized spacial score (nSPS) is 21.3. The van der Waals surface area contributed by atoms with Gasteiger partial charge in [0.05, 0.1) is 11.8 Å². The molecule has 0 fully saturated rings. The minimum absolute atomic E-state index is 0.0550. The average Bonchev–Trinajstić information content (AvgIpc) is 2.25. The number of hydrogen-bond donors (Lipinski definition) is 1. The summed E-state index contributed by atoms with van der Waals surface area (Å²) in [4.78, 5) is 16.0. The van der Waals surface area contributed by atoms with Crippen LogP contribution in [0.1, 0.15) is 73.4 Å². The number of aliphatic hydroxyl groups excluding tert-OH is 1. The van der Waals surface area contributed by atoms with Crippen LogP contribution in [0.5, 0.6) is 0 Å². The lowest BCUT2D eigenvalue weighted by Crippen LogP contribution is -2.28. The van der Waals surface area contributed by atoms with E-state index in [0.717, 1.165) is 39.6 Å². The topological polar surface area (TPSA) is 50.2 Å². The first-order valence-corrected chi connectivity index (χ1v) is 7.70. The number of aldehydes is 1. The van der Waals surface area contributed by atoms with Crippen molar-refractivity contribution < 1.29 is 9.90 Å². The van der Waals surface area contributed by atoms with Crippen LogP contribution in [0.2, 0.25) is 0 Å². The minimum Gasteiger partial charge on any atom is -0.388 e. The molecule has 0 aromatic carbocycles. The lowest BCUT2D eigenvalue weighted by atomic mass is 9.74. The Morgan fingerprint density at radius 2 is 2.11 bits per heavy atom. The number of hydrogen-bond acceptors (Lipinski definition) is 3. The molecular weight excluding hydrogens is 353 g/mol. The van der Waals surface area contributed by atoms with Gasteiger partial charge in [0.1, 0.15) is 0 Å². The van der Waals surface area contributed by atoms with Crippen molar-refractivity contribution in [2.45, 2.75) is 52.6 Å². The predicted molar refractivity (Wildman–Crippen MR) is 83.5 cm³/mol.